The van der Waals surface area contributed by atoms with Crippen LogP contribution in [-0.4, -0.2) is 27.1 Å². The largest absolute Gasteiger partial charge is 0.344 e. The molecular formula is C24H26N2O3S. The normalized spacial score (nSPS) is 12.2. The number of hydrogen-bond donors (Lipinski definition) is 1. The maximum atomic E-state index is 13.0. The van der Waals surface area contributed by atoms with Crippen molar-refractivity contribution in [3.05, 3.63) is 101 Å². The number of carbonyl (C=O) groups excluding carboxylic acids is 1. The SMILES string of the molecule is Cc1ccccc1[C@H](NC(=O)CN(c1ccccc1C)S(C)(=O)=O)c1ccccc1. The van der Waals surface area contributed by atoms with Crippen molar-refractivity contribution in [1.29, 1.82) is 0 Å². The van der Waals surface area contributed by atoms with Crippen molar-refractivity contribution in [2.24, 2.45) is 0 Å². The highest BCUT2D eigenvalue weighted by Crippen LogP contribution is 2.26. The summed E-state index contributed by atoms with van der Waals surface area (Å²) in [7, 11) is -3.64. The first-order valence-electron chi connectivity index (χ1n) is 9.70. The highest BCUT2D eigenvalue weighted by Gasteiger charge is 2.25. The second-order valence-electron chi connectivity index (χ2n) is 7.32. The van der Waals surface area contributed by atoms with Gasteiger partial charge in [-0.2, -0.15) is 0 Å². The molecule has 0 aliphatic carbocycles. The second-order valence-corrected chi connectivity index (χ2v) is 9.23. The van der Waals surface area contributed by atoms with E-state index in [0.717, 1.165) is 32.8 Å². The minimum Gasteiger partial charge on any atom is -0.344 e. The van der Waals surface area contributed by atoms with Crippen LogP contribution in [0, 0.1) is 13.8 Å². The van der Waals surface area contributed by atoms with Gasteiger partial charge in [-0.15, -0.1) is 0 Å². The molecule has 6 heteroatoms. The molecular weight excluding hydrogens is 396 g/mol. The zero-order valence-electron chi connectivity index (χ0n) is 17.4. The average molecular weight is 423 g/mol. The zero-order valence-corrected chi connectivity index (χ0v) is 18.2. The Balaban J connectivity index is 1.92. The molecule has 0 aliphatic heterocycles. The van der Waals surface area contributed by atoms with Crippen molar-refractivity contribution >= 4 is 21.6 Å². The molecule has 0 spiro atoms. The molecule has 1 N–H and O–H groups in total. The number of anilines is 1. The Morgan fingerprint density at radius 3 is 2.03 bits per heavy atom. The number of aryl methyl sites for hydroxylation is 2. The van der Waals surface area contributed by atoms with Gasteiger partial charge >= 0.3 is 0 Å². The topological polar surface area (TPSA) is 66.5 Å². The van der Waals surface area contributed by atoms with E-state index in [1.165, 1.54) is 0 Å². The first kappa shape index (κ1) is 21.6. The minimum atomic E-state index is -3.64. The summed E-state index contributed by atoms with van der Waals surface area (Å²) < 4.78 is 26.0. The number of benzene rings is 3. The Morgan fingerprint density at radius 1 is 0.867 bits per heavy atom. The number of nitrogens with one attached hydrogen (secondary N) is 1. The molecule has 1 amide bonds. The summed E-state index contributed by atoms with van der Waals surface area (Å²) in [5.74, 6) is -0.374. The van der Waals surface area contributed by atoms with Crippen LogP contribution in [0.25, 0.3) is 0 Å². The quantitative estimate of drug-likeness (QED) is 0.626. The maximum absolute atomic E-state index is 13.0. The summed E-state index contributed by atoms with van der Waals surface area (Å²) in [5.41, 5.74) is 4.24. The molecule has 0 heterocycles. The Kier molecular flexibility index (Phi) is 6.57. The molecule has 0 unspecified atom stereocenters. The van der Waals surface area contributed by atoms with Gasteiger partial charge in [-0.25, -0.2) is 8.42 Å². The summed E-state index contributed by atoms with van der Waals surface area (Å²) in [4.78, 5) is 13.0. The van der Waals surface area contributed by atoms with Gasteiger partial charge < -0.3 is 5.32 Å². The summed E-state index contributed by atoms with van der Waals surface area (Å²) in [6, 6.07) is 24.3. The first-order chi connectivity index (χ1) is 14.3. The molecule has 3 aromatic carbocycles. The van der Waals surface area contributed by atoms with Crippen LogP contribution in [-0.2, 0) is 14.8 Å². The molecule has 0 bridgehead atoms. The summed E-state index contributed by atoms with van der Waals surface area (Å²) >= 11 is 0. The monoisotopic (exact) mass is 422 g/mol. The smallest absolute Gasteiger partial charge is 0.241 e. The van der Waals surface area contributed by atoms with E-state index in [1.807, 2.05) is 80.6 Å². The average Bonchev–Trinajstić information content (AvgIpc) is 2.71. The van der Waals surface area contributed by atoms with Crippen molar-refractivity contribution in [1.82, 2.24) is 5.32 Å². The van der Waals surface area contributed by atoms with Crippen LogP contribution in [0.1, 0.15) is 28.3 Å². The molecule has 5 nitrogen and oxygen atoms in total. The molecule has 3 aromatic rings. The lowest BCUT2D eigenvalue weighted by Crippen LogP contribution is -2.42. The van der Waals surface area contributed by atoms with Crippen molar-refractivity contribution in [3.8, 4) is 0 Å². The van der Waals surface area contributed by atoms with Gasteiger partial charge in [-0.1, -0.05) is 72.8 Å². The number of amides is 1. The second kappa shape index (κ2) is 9.13. The van der Waals surface area contributed by atoms with Crippen LogP contribution < -0.4 is 9.62 Å². The lowest BCUT2D eigenvalue weighted by molar-refractivity contribution is -0.120. The Bertz CT molecular complexity index is 1130. The lowest BCUT2D eigenvalue weighted by Gasteiger charge is -2.26. The van der Waals surface area contributed by atoms with E-state index in [2.05, 4.69) is 5.32 Å². The molecule has 0 fully saturated rings. The zero-order chi connectivity index (χ0) is 21.7. The number of para-hydroxylation sites is 1. The fourth-order valence-electron chi connectivity index (χ4n) is 3.46. The van der Waals surface area contributed by atoms with Crippen LogP contribution in [0.3, 0.4) is 0 Å². The standard InChI is InChI=1S/C24H26N2O3S/c1-18-11-7-9-15-21(18)24(20-13-5-4-6-14-20)25-23(27)17-26(30(3,28)29)22-16-10-8-12-19(22)2/h4-16,24H,17H2,1-3H3,(H,25,27)/t24-/m1/s1. The Labute approximate surface area is 178 Å². The van der Waals surface area contributed by atoms with Gasteiger partial charge in [-0.3, -0.25) is 9.10 Å². The van der Waals surface area contributed by atoms with Crippen LogP contribution in [0.4, 0.5) is 5.69 Å². The third-order valence-electron chi connectivity index (χ3n) is 5.01. The number of nitrogens with zero attached hydrogens (tertiary/aromatic N) is 1. The molecule has 0 aromatic heterocycles. The maximum Gasteiger partial charge on any atom is 0.241 e. The minimum absolute atomic E-state index is 0.293. The third-order valence-corrected chi connectivity index (χ3v) is 6.14. The fourth-order valence-corrected chi connectivity index (χ4v) is 4.37. The fraction of sp³-hybridized carbons (Fsp3) is 0.208. The van der Waals surface area contributed by atoms with E-state index in [-0.39, 0.29) is 18.5 Å². The summed E-state index contributed by atoms with van der Waals surface area (Å²) in [6.45, 7) is 3.53. The molecule has 0 aliphatic rings. The van der Waals surface area contributed by atoms with Gasteiger partial charge in [0, 0.05) is 0 Å². The molecule has 1 atom stereocenters. The van der Waals surface area contributed by atoms with Crippen molar-refractivity contribution in [2.75, 3.05) is 17.1 Å². The van der Waals surface area contributed by atoms with Gasteiger partial charge in [0.05, 0.1) is 18.0 Å². The van der Waals surface area contributed by atoms with E-state index < -0.39 is 10.0 Å². The van der Waals surface area contributed by atoms with Crippen molar-refractivity contribution in [3.63, 3.8) is 0 Å². The van der Waals surface area contributed by atoms with Gasteiger partial charge in [0.1, 0.15) is 6.54 Å². The molecule has 0 saturated carbocycles. The number of hydrogen-bond acceptors (Lipinski definition) is 3. The van der Waals surface area contributed by atoms with Gasteiger partial charge in [0.25, 0.3) is 0 Å². The van der Waals surface area contributed by atoms with Crippen LogP contribution in [0.15, 0.2) is 78.9 Å². The summed E-state index contributed by atoms with van der Waals surface area (Å²) in [6.07, 6.45) is 1.11. The van der Waals surface area contributed by atoms with Crippen molar-refractivity contribution in [2.45, 2.75) is 19.9 Å². The highest BCUT2D eigenvalue weighted by atomic mass is 32.2. The summed E-state index contributed by atoms with van der Waals surface area (Å²) in [5, 5.41) is 3.04. The van der Waals surface area contributed by atoms with Gasteiger partial charge in [-0.05, 0) is 42.2 Å². The first-order valence-corrected chi connectivity index (χ1v) is 11.6. The predicted octanol–water partition coefficient (Wildman–Crippen LogP) is 3.98. The number of sulfonamides is 1. The molecule has 3 rings (SSSR count). The molecule has 156 valence electrons. The van der Waals surface area contributed by atoms with Gasteiger partial charge in [0.2, 0.25) is 15.9 Å². The van der Waals surface area contributed by atoms with Crippen LogP contribution in [0.5, 0.6) is 0 Å². The van der Waals surface area contributed by atoms with E-state index in [4.69, 9.17) is 0 Å². The Hall–Kier alpha value is -3.12. The van der Waals surface area contributed by atoms with E-state index >= 15 is 0 Å². The predicted molar refractivity (Wildman–Crippen MR) is 121 cm³/mol. The number of carbonyl (C=O) groups is 1. The number of rotatable bonds is 7. The molecule has 0 radical (unpaired) electrons. The molecule has 30 heavy (non-hydrogen) atoms. The van der Waals surface area contributed by atoms with Crippen LogP contribution in [0.2, 0.25) is 0 Å². The van der Waals surface area contributed by atoms with Gasteiger partial charge in [0.15, 0.2) is 0 Å². The van der Waals surface area contributed by atoms with Crippen LogP contribution >= 0.6 is 0 Å². The molecule has 0 saturated heterocycles. The third kappa shape index (κ3) is 5.07. The lowest BCUT2D eigenvalue weighted by atomic mass is 9.95. The van der Waals surface area contributed by atoms with Crippen molar-refractivity contribution < 1.29 is 13.2 Å². The highest BCUT2D eigenvalue weighted by molar-refractivity contribution is 7.92. The van der Waals surface area contributed by atoms with E-state index in [9.17, 15) is 13.2 Å². The van der Waals surface area contributed by atoms with E-state index in [1.54, 1.807) is 12.1 Å². The van der Waals surface area contributed by atoms with E-state index in [0.29, 0.717) is 5.69 Å². The Morgan fingerprint density at radius 2 is 1.43 bits per heavy atom.